The standard InChI is InChI=1S/C53H94O5/c1-3-5-7-9-11-12-13-14-15-16-17-18-19-20-21-22-23-24-25-26-27-28-29-30-31-32-33-34-35-36-37-38-39-40-42-44-46-48-53(56)58-51(49-54)50-57-52(55)47-45-43-41-10-8-6-4-2/h5,7,11-12,14-15,17-18,20-21,51,54H,3-4,6,8-10,13,16,19,22-50H2,1-2H3/b7-5-,12-11-,15-14-,18-17-,21-20-. The van der Waals surface area contributed by atoms with Crippen molar-refractivity contribution in [1.29, 1.82) is 0 Å². The molecule has 0 rings (SSSR count). The molecule has 0 spiro atoms. The van der Waals surface area contributed by atoms with Crippen molar-refractivity contribution in [1.82, 2.24) is 0 Å². The third-order valence-electron chi connectivity index (χ3n) is 10.8. The Hall–Kier alpha value is -2.40. The molecule has 1 atom stereocenters. The summed E-state index contributed by atoms with van der Waals surface area (Å²) in [6, 6.07) is 0. The average molecular weight is 811 g/mol. The molecule has 0 aromatic rings. The van der Waals surface area contributed by atoms with Crippen molar-refractivity contribution in [2.45, 2.75) is 251 Å². The molecule has 0 saturated carbocycles. The van der Waals surface area contributed by atoms with Crippen molar-refractivity contribution in [3.05, 3.63) is 60.8 Å². The summed E-state index contributed by atoms with van der Waals surface area (Å²) in [5.41, 5.74) is 0. The predicted molar refractivity (Wildman–Crippen MR) is 251 cm³/mol. The van der Waals surface area contributed by atoms with Gasteiger partial charge in [0.15, 0.2) is 6.10 Å². The number of esters is 2. The monoisotopic (exact) mass is 811 g/mol. The van der Waals surface area contributed by atoms with Gasteiger partial charge in [0, 0.05) is 12.8 Å². The van der Waals surface area contributed by atoms with Gasteiger partial charge in [-0.2, -0.15) is 0 Å². The Morgan fingerprint density at radius 3 is 1.12 bits per heavy atom. The fourth-order valence-corrected chi connectivity index (χ4v) is 7.11. The van der Waals surface area contributed by atoms with Gasteiger partial charge in [0.1, 0.15) is 6.61 Å². The largest absolute Gasteiger partial charge is 0.462 e. The molecule has 5 nitrogen and oxygen atoms in total. The van der Waals surface area contributed by atoms with Crippen LogP contribution in [0.4, 0.5) is 0 Å². The van der Waals surface area contributed by atoms with E-state index in [9.17, 15) is 14.7 Å². The van der Waals surface area contributed by atoms with Crippen LogP contribution in [0.15, 0.2) is 60.8 Å². The number of ether oxygens (including phenoxy) is 2. The molecule has 0 fully saturated rings. The molecule has 336 valence electrons. The van der Waals surface area contributed by atoms with Crippen molar-refractivity contribution in [2.24, 2.45) is 0 Å². The zero-order chi connectivity index (χ0) is 42.1. The molecule has 0 aliphatic rings. The Balaban J connectivity index is 3.38. The Bertz CT molecular complexity index is 1010. The lowest BCUT2D eigenvalue weighted by Gasteiger charge is -2.15. The van der Waals surface area contributed by atoms with E-state index in [0.717, 1.165) is 70.6 Å². The molecule has 0 aliphatic carbocycles. The molecule has 0 amide bonds. The maximum Gasteiger partial charge on any atom is 0.306 e. The average Bonchev–Trinajstić information content (AvgIpc) is 3.23. The second-order valence-corrected chi connectivity index (χ2v) is 16.5. The number of rotatable bonds is 45. The molecule has 0 aromatic carbocycles. The number of allylic oxidation sites excluding steroid dienone is 10. The molecule has 0 aromatic heterocycles. The van der Waals surface area contributed by atoms with Gasteiger partial charge < -0.3 is 14.6 Å². The Morgan fingerprint density at radius 1 is 0.414 bits per heavy atom. The van der Waals surface area contributed by atoms with Crippen molar-refractivity contribution < 1.29 is 24.2 Å². The predicted octanol–water partition coefficient (Wildman–Crippen LogP) is 16.3. The van der Waals surface area contributed by atoms with E-state index in [2.05, 4.69) is 74.6 Å². The normalized spacial score (nSPS) is 12.7. The first-order valence-electron chi connectivity index (χ1n) is 24.8. The van der Waals surface area contributed by atoms with Crippen LogP contribution >= 0.6 is 0 Å². The number of aliphatic hydroxyl groups is 1. The van der Waals surface area contributed by atoms with Crippen LogP contribution in [-0.2, 0) is 19.1 Å². The van der Waals surface area contributed by atoms with Crippen LogP contribution in [-0.4, -0.2) is 36.4 Å². The lowest BCUT2D eigenvalue weighted by molar-refractivity contribution is -0.161. The molecular formula is C53H94O5. The second-order valence-electron chi connectivity index (χ2n) is 16.5. The van der Waals surface area contributed by atoms with Gasteiger partial charge in [0.2, 0.25) is 0 Å². The second kappa shape index (κ2) is 49.0. The molecule has 1 N–H and O–H groups in total. The highest BCUT2D eigenvalue weighted by Crippen LogP contribution is 2.16. The number of unbranched alkanes of at least 4 members (excludes halogenated alkanes) is 27. The van der Waals surface area contributed by atoms with Crippen LogP contribution < -0.4 is 0 Å². The highest BCUT2D eigenvalue weighted by Gasteiger charge is 2.16. The summed E-state index contributed by atoms with van der Waals surface area (Å²) in [7, 11) is 0. The molecule has 0 aliphatic heterocycles. The van der Waals surface area contributed by atoms with Crippen molar-refractivity contribution in [3.63, 3.8) is 0 Å². The summed E-state index contributed by atoms with van der Waals surface area (Å²) in [6.07, 6.45) is 65.0. The first kappa shape index (κ1) is 55.6. The number of aliphatic hydroxyl groups excluding tert-OH is 1. The highest BCUT2D eigenvalue weighted by molar-refractivity contribution is 5.70. The Labute approximate surface area is 360 Å². The molecule has 0 heterocycles. The number of hydrogen-bond acceptors (Lipinski definition) is 5. The molecular weight excluding hydrogens is 717 g/mol. The quantitative estimate of drug-likeness (QED) is 0.0377. The van der Waals surface area contributed by atoms with Crippen molar-refractivity contribution in [2.75, 3.05) is 13.2 Å². The fourth-order valence-electron chi connectivity index (χ4n) is 7.11. The van der Waals surface area contributed by atoms with Gasteiger partial charge in [-0.05, 0) is 57.8 Å². The SMILES string of the molecule is CC/C=C\C/C=C\C/C=C\C/C=C\C/C=C\CCCCCCCCCCCCCCCCCCCCCCCC(=O)OC(CO)COC(=O)CCCCCCCCC. The Kier molecular flexibility index (Phi) is 46.9. The summed E-state index contributed by atoms with van der Waals surface area (Å²) in [5, 5.41) is 9.54. The molecule has 0 saturated heterocycles. The topological polar surface area (TPSA) is 72.8 Å². The minimum Gasteiger partial charge on any atom is -0.462 e. The number of carbonyl (C=O) groups is 2. The zero-order valence-electron chi connectivity index (χ0n) is 38.3. The summed E-state index contributed by atoms with van der Waals surface area (Å²) >= 11 is 0. The molecule has 1 unspecified atom stereocenters. The van der Waals surface area contributed by atoms with E-state index in [-0.39, 0.29) is 25.2 Å². The van der Waals surface area contributed by atoms with Gasteiger partial charge in [-0.15, -0.1) is 0 Å². The van der Waals surface area contributed by atoms with Gasteiger partial charge in [-0.1, -0.05) is 235 Å². The van der Waals surface area contributed by atoms with Crippen molar-refractivity contribution >= 4 is 11.9 Å². The van der Waals surface area contributed by atoms with Crippen LogP contribution in [0.3, 0.4) is 0 Å². The van der Waals surface area contributed by atoms with Crippen LogP contribution in [0.5, 0.6) is 0 Å². The van der Waals surface area contributed by atoms with Gasteiger partial charge >= 0.3 is 11.9 Å². The molecule has 5 heteroatoms. The maximum atomic E-state index is 12.2. The fraction of sp³-hybridized carbons (Fsp3) is 0.774. The minimum atomic E-state index is -0.765. The Morgan fingerprint density at radius 2 is 0.741 bits per heavy atom. The van der Waals surface area contributed by atoms with Crippen LogP contribution in [0.2, 0.25) is 0 Å². The van der Waals surface area contributed by atoms with E-state index in [1.807, 2.05) is 0 Å². The summed E-state index contributed by atoms with van der Waals surface area (Å²) in [6.45, 7) is 3.99. The first-order chi connectivity index (χ1) is 28.6. The smallest absolute Gasteiger partial charge is 0.306 e. The van der Waals surface area contributed by atoms with Gasteiger partial charge in [-0.25, -0.2) is 0 Å². The zero-order valence-corrected chi connectivity index (χ0v) is 38.3. The molecule has 0 radical (unpaired) electrons. The van der Waals surface area contributed by atoms with E-state index in [0.29, 0.717) is 12.8 Å². The van der Waals surface area contributed by atoms with Crippen LogP contribution in [0, 0.1) is 0 Å². The van der Waals surface area contributed by atoms with E-state index >= 15 is 0 Å². The summed E-state index contributed by atoms with van der Waals surface area (Å²) < 4.78 is 10.6. The van der Waals surface area contributed by atoms with Gasteiger partial charge in [-0.3, -0.25) is 9.59 Å². The third-order valence-corrected chi connectivity index (χ3v) is 10.8. The van der Waals surface area contributed by atoms with E-state index in [1.54, 1.807) is 0 Å². The third kappa shape index (κ3) is 46.3. The first-order valence-corrected chi connectivity index (χ1v) is 24.8. The van der Waals surface area contributed by atoms with Crippen molar-refractivity contribution in [3.8, 4) is 0 Å². The van der Waals surface area contributed by atoms with E-state index < -0.39 is 6.10 Å². The lowest BCUT2D eigenvalue weighted by atomic mass is 10.0. The summed E-state index contributed by atoms with van der Waals surface area (Å²) in [4.78, 5) is 24.2. The number of hydrogen-bond donors (Lipinski definition) is 1. The van der Waals surface area contributed by atoms with E-state index in [1.165, 1.54) is 148 Å². The molecule has 58 heavy (non-hydrogen) atoms. The maximum absolute atomic E-state index is 12.2. The van der Waals surface area contributed by atoms with Crippen LogP contribution in [0.25, 0.3) is 0 Å². The summed E-state index contributed by atoms with van der Waals surface area (Å²) in [5.74, 6) is -0.589. The van der Waals surface area contributed by atoms with Crippen LogP contribution in [0.1, 0.15) is 245 Å². The highest BCUT2D eigenvalue weighted by atomic mass is 16.6. The lowest BCUT2D eigenvalue weighted by Crippen LogP contribution is -2.28. The minimum absolute atomic E-state index is 0.0626. The number of carbonyl (C=O) groups excluding carboxylic acids is 2. The van der Waals surface area contributed by atoms with Gasteiger partial charge in [0.05, 0.1) is 6.61 Å². The molecule has 0 bridgehead atoms. The van der Waals surface area contributed by atoms with E-state index in [4.69, 9.17) is 9.47 Å². The van der Waals surface area contributed by atoms with Gasteiger partial charge in [0.25, 0.3) is 0 Å².